The quantitative estimate of drug-likeness (QED) is 0.632. The van der Waals surface area contributed by atoms with Gasteiger partial charge in [-0.3, -0.25) is 0 Å². The lowest BCUT2D eigenvalue weighted by Crippen LogP contribution is -2.50. The molecule has 1 saturated heterocycles. The molecule has 3 aromatic rings. The van der Waals surface area contributed by atoms with Gasteiger partial charge < -0.3 is 14.5 Å². The molecule has 1 amide bonds. The van der Waals surface area contributed by atoms with Gasteiger partial charge in [0.15, 0.2) is 0 Å². The standard InChI is InChI=1S/C21H24ClN5O2/c1-21(2,3)29-20(28)26-11-9-25(10-12-26)19-6-4-5-17(24-19)16-14-23-27-8-7-15(22)13-18(16)27/h4-8,13-14H,9-12H2,1-3H3. The monoisotopic (exact) mass is 413 g/mol. The van der Waals surface area contributed by atoms with Crippen LogP contribution in [0.3, 0.4) is 0 Å². The van der Waals surface area contributed by atoms with Crippen LogP contribution in [0.1, 0.15) is 20.8 Å². The summed E-state index contributed by atoms with van der Waals surface area (Å²) in [5.41, 5.74) is 2.20. The Bertz CT molecular complexity index is 1030. The second kappa shape index (κ2) is 7.55. The molecule has 8 heteroatoms. The van der Waals surface area contributed by atoms with Crippen molar-refractivity contribution in [3.8, 4) is 11.3 Å². The first-order valence-corrected chi connectivity index (χ1v) is 10.0. The van der Waals surface area contributed by atoms with Gasteiger partial charge >= 0.3 is 6.09 Å². The molecule has 0 atom stereocenters. The molecule has 4 heterocycles. The van der Waals surface area contributed by atoms with E-state index < -0.39 is 5.60 Å². The van der Waals surface area contributed by atoms with Gasteiger partial charge in [-0.25, -0.2) is 14.3 Å². The summed E-state index contributed by atoms with van der Waals surface area (Å²) in [5.74, 6) is 0.882. The van der Waals surface area contributed by atoms with Crippen molar-refractivity contribution in [2.45, 2.75) is 26.4 Å². The Hall–Kier alpha value is -2.80. The van der Waals surface area contributed by atoms with Gasteiger partial charge in [-0.15, -0.1) is 0 Å². The smallest absolute Gasteiger partial charge is 0.410 e. The highest BCUT2D eigenvalue weighted by atomic mass is 35.5. The van der Waals surface area contributed by atoms with Crippen LogP contribution in [-0.2, 0) is 4.74 Å². The minimum atomic E-state index is -0.485. The number of hydrogen-bond donors (Lipinski definition) is 0. The maximum atomic E-state index is 12.3. The van der Waals surface area contributed by atoms with Crippen LogP contribution in [0.2, 0.25) is 5.02 Å². The average molecular weight is 414 g/mol. The Labute approximate surface area is 174 Å². The predicted molar refractivity (Wildman–Crippen MR) is 113 cm³/mol. The van der Waals surface area contributed by atoms with Gasteiger partial charge in [-0.2, -0.15) is 5.10 Å². The Kier molecular flexibility index (Phi) is 5.08. The molecule has 0 radical (unpaired) electrons. The van der Waals surface area contributed by atoms with Crippen LogP contribution in [0.5, 0.6) is 0 Å². The molecule has 4 rings (SSSR count). The van der Waals surface area contributed by atoms with Gasteiger partial charge in [-0.1, -0.05) is 17.7 Å². The molecule has 1 fully saturated rings. The highest BCUT2D eigenvalue weighted by Crippen LogP contribution is 2.27. The molecule has 0 aliphatic carbocycles. The largest absolute Gasteiger partial charge is 0.444 e. The molecular formula is C21H24ClN5O2. The second-order valence-electron chi connectivity index (χ2n) is 8.07. The summed E-state index contributed by atoms with van der Waals surface area (Å²) in [4.78, 5) is 21.0. The highest BCUT2D eigenvalue weighted by Gasteiger charge is 2.26. The van der Waals surface area contributed by atoms with Gasteiger partial charge in [0.1, 0.15) is 11.4 Å². The summed E-state index contributed by atoms with van der Waals surface area (Å²) in [6.07, 6.45) is 3.38. The zero-order valence-electron chi connectivity index (χ0n) is 16.8. The maximum absolute atomic E-state index is 12.3. The van der Waals surface area contributed by atoms with Gasteiger partial charge in [0.2, 0.25) is 0 Å². The fraction of sp³-hybridized carbons (Fsp3) is 0.381. The van der Waals surface area contributed by atoms with Crippen LogP contribution in [0.4, 0.5) is 10.6 Å². The molecule has 0 N–H and O–H groups in total. The molecule has 0 saturated carbocycles. The second-order valence-corrected chi connectivity index (χ2v) is 8.50. The first-order chi connectivity index (χ1) is 13.8. The normalized spacial score (nSPS) is 15.0. The fourth-order valence-corrected chi connectivity index (χ4v) is 3.51. The van der Waals surface area contributed by atoms with Crippen molar-refractivity contribution in [3.05, 3.63) is 47.7 Å². The molecule has 0 unspecified atom stereocenters. The summed E-state index contributed by atoms with van der Waals surface area (Å²) in [6, 6.07) is 9.65. The number of carbonyl (C=O) groups is 1. The van der Waals surface area contributed by atoms with E-state index in [1.165, 1.54) is 0 Å². The Balaban J connectivity index is 1.50. The SMILES string of the molecule is CC(C)(C)OC(=O)N1CCN(c2cccc(-c3cnn4ccc(Cl)cc34)n2)CC1. The third-order valence-corrected chi connectivity index (χ3v) is 4.98. The molecule has 0 spiro atoms. The summed E-state index contributed by atoms with van der Waals surface area (Å²) < 4.78 is 7.26. The number of fused-ring (bicyclic) bond motifs is 1. The van der Waals surface area contributed by atoms with Gasteiger partial charge in [0.05, 0.1) is 17.4 Å². The maximum Gasteiger partial charge on any atom is 0.410 e. The van der Waals surface area contributed by atoms with E-state index in [4.69, 9.17) is 21.3 Å². The van der Waals surface area contributed by atoms with E-state index in [0.29, 0.717) is 31.2 Å². The van der Waals surface area contributed by atoms with Crippen LogP contribution in [0, 0.1) is 0 Å². The molecule has 0 bridgehead atoms. The summed E-state index contributed by atoms with van der Waals surface area (Å²) in [7, 11) is 0. The fourth-order valence-electron chi connectivity index (χ4n) is 3.35. The zero-order valence-corrected chi connectivity index (χ0v) is 17.6. The van der Waals surface area contributed by atoms with E-state index >= 15 is 0 Å². The minimum Gasteiger partial charge on any atom is -0.444 e. The lowest BCUT2D eigenvalue weighted by molar-refractivity contribution is 0.0240. The minimum absolute atomic E-state index is 0.262. The third-order valence-electron chi connectivity index (χ3n) is 4.75. The van der Waals surface area contributed by atoms with Crippen molar-refractivity contribution in [1.82, 2.24) is 19.5 Å². The van der Waals surface area contributed by atoms with Crippen molar-refractivity contribution < 1.29 is 9.53 Å². The molecule has 0 aromatic carbocycles. The number of rotatable bonds is 2. The topological polar surface area (TPSA) is 63.0 Å². The number of nitrogens with zero attached hydrogens (tertiary/aromatic N) is 5. The summed E-state index contributed by atoms with van der Waals surface area (Å²) in [6.45, 7) is 8.26. The molecule has 1 aliphatic rings. The number of amides is 1. The van der Waals surface area contributed by atoms with Crippen LogP contribution in [-0.4, -0.2) is 57.4 Å². The number of ether oxygens (including phenoxy) is 1. The lowest BCUT2D eigenvalue weighted by atomic mass is 10.2. The molecule has 7 nitrogen and oxygen atoms in total. The number of anilines is 1. The van der Waals surface area contributed by atoms with Crippen molar-refractivity contribution >= 4 is 29.0 Å². The Morgan fingerprint density at radius 2 is 1.90 bits per heavy atom. The highest BCUT2D eigenvalue weighted by molar-refractivity contribution is 6.31. The van der Waals surface area contributed by atoms with Crippen molar-refractivity contribution in [2.75, 3.05) is 31.1 Å². The third kappa shape index (κ3) is 4.29. The predicted octanol–water partition coefficient (Wildman–Crippen LogP) is 4.11. The average Bonchev–Trinajstić information content (AvgIpc) is 3.10. The Morgan fingerprint density at radius 3 is 2.62 bits per heavy atom. The van der Waals surface area contributed by atoms with Crippen molar-refractivity contribution in [2.24, 2.45) is 0 Å². The van der Waals surface area contributed by atoms with Crippen LogP contribution in [0.15, 0.2) is 42.7 Å². The molecule has 152 valence electrons. The van der Waals surface area contributed by atoms with Crippen molar-refractivity contribution in [1.29, 1.82) is 0 Å². The number of aromatic nitrogens is 3. The van der Waals surface area contributed by atoms with E-state index in [1.54, 1.807) is 21.7 Å². The van der Waals surface area contributed by atoms with E-state index in [-0.39, 0.29) is 6.09 Å². The van der Waals surface area contributed by atoms with Gasteiger partial charge in [0, 0.05) is 43.0 Å². The summed E-state index contributed by atoms with van der Waals surface area (Å²) in [5, 5.41) is 5.04. The van der Waals surface area contributed by atoms with E-state index in [2.05, 4.69) is 10.00 Å². The number of hydrogen-bond acceptors (Lipinski definition) is 5. The van der Waals surface area contributed by atoms with Crippen LogP contribution >= 0.6 is 11.6 Å². The van der Waals surface area contributed by atoms with Crippen LogP contribution < -0.4 is 4.90 Å². The first-order valence-electron chi connectivity index (χ1n) is 9.63. The van der Waals surface area contributed by atoms with Crippen molar-refractivity contribution in [3.63, 3.8) is 0 Å². The number of piperazine rings is 1. The van der Waals surface area contributed by atoms with E-state index in [9.17, 15) is 4.79 Å². The molecular weight excluding hydrogens is 390 g/mol. The zero-order chi connectivity index (χ0) is 20.6. The summed E-state index contributed by atoms with van der Waals surface area (Å²) >= 11 is 6.16. The number of carbonyl (C=O) groups excluding carboxylic acids is 1. The van der Waals surface area contributed by atoms with E-state index in [0.717, 1.165) is 22.6 Å². The van der Waals surface area contributed by atoms with E-state index in [1.807, 2.05) is 51.2 Å². The van der Waals surface area contributed by atoms with Crippen LogP contribution in [0.25, 0.3) is 16.8 Å². The lowest BCUT2D eigenvalue weighted by Gasteiger charge is -2.36. The number of halogens is 1. The first kappa shape index (κ1) is 19.5. The Morgan fingerprint density at radius 1 is 1.14 bits per heavy atom. The van der Waals surface area contributed by atoms with Gasteiger partial charge in [0.25, 0.3) is 0 Å². The molecule has 3 aromatic heterocycles. The molecule has 1 aliphatic heterocycles. The molecule has 29 heavy (non-hydrogen) atoms. The van der Waals surface area contributed by atoms with Gasteiger partial charge in [-0.05, 0) is 45.0 Å². The number of pyridine rings is 2.